The number of hydrogen-bond donors (Lipinski definition) is 2. The minimum atomic E-state index is -0.295. The van der Waals surface area contributed by atoms with Crippen molar-refractivity contribution in [1.82, 2.24) is 20.8 Å². The number of carbonyl (C=O) groups excluding carboxylic acids is 1. The van der Waals surface area contributed by atoms with Gasteiger partial charge in [-0.15, -0.1) is 0 Å². The van der Waals surface area contributed by atoms with Crippen LogP contribution in [0, 0.1) is 0 Å². The third kappa shape index (κ3) is 3.12. The van der Waals surface area contributed by atoms with Crippen molar-refractivity contribution in [1.29, 1.82) is 0 Å². The lowest BCUT2D eigenvalue weighted by Crippen LogP contribution is -2.40. The molecule has 0 spiro atoms. The van der Waals surface area contributed by atoms with Gasteiger partial charge >= 0.3 is 0 Å². The second-order valence-corrected chi connectivity index (χ2v) is 4.93. The molecule has 1 aromatic carbocycles. The highest BCUT2D eigenvalue weighted by Gasteiger charge is 2.18. The second-order valence-electron chi connectivity index (χ2n) is 4.52. The largest absolute Gasteiger partial charge is 0.345 e. The molecule has 21 heavy (non-hydrogen) atoms. The Morgan fingerprint density at radius 3 is 3.10 bits per heavy atom. The molecule has 3 rings (SSSR count). The zero-order valence-corrected chi connectivity index (χ0v) is 11.8. The molecule has 108 valence electrons. The first kappa shape index (κ1) is 13.8. The molecule has 6 nitrogen and oxygen atoms in total. The van der Waals surface area contributed by atoms with Crippen LogP contribution in [0.1, 0.15) is 5.89 Å². The van der Waals surface area contributed by atoms with Crippen LogP contribution in [0.25, 0.3) is 11.4 Å². The lowest BCUT2D eigenvalue weighted by molar-refractivity contribution is -0.122. The minimum Gasteiger partial charge on any atom is -0.345 e. The van der Waals surface area contributed by atoms with E-state index in [1.807, 2.05) is 30.4 Å². The molecule has 0 radical (unpaired) electrons. The number of halogens is 1. The maximum absolute atomic E-state index is 11.8. The maximum atomic E-state index is 11.8. The predicted molar refractivity (Wildman–Crippen MR) is 77.5 cm³/mol. The highest BCUT2D eigenvalue weighted by molar-refractivity contribution is 6.33. The fraction of sp³-hybridized carbons (Fsp3) is 0.214. The number of carbonyl (C=O) groups is 1. The fourth-order valence-corrected chi connectivity index (χ4v) is 2.22. The third-order valence-electron chi connectivity index (χ3n) is 3.06. The Morgan fingerprint density at radius 2 is 2.33 bits per heavy atom. The number of rotatable bonds is 4. The molecule has 0 aliphatic carbocycles. The average molecular weight is 305 g/mol. The zero-order valence-electron chi connectivity index (χ0n) is 11.0. The van der Waals surface area contributed by atoms with Crippen molar-refractivity contribution >= 4 is 17.5 Å². The summed E-state index contributed by atoms with van der Waals surface area (Å²) < 4.78 is 5.11. The van der Waals surface area contributed by atoms with Crippen molar-refractivity contribution in [3.63, 3.8) is 0 Å². The summed E-state index contributed by atoms with van der Waals surface area (Å²) >= 11 is 6.07. The van der Waals surface area contributed by atoms with E-state index in [0.29, 0.717) is 28.8 Å². The van der Waals surface area contributed by atoms with Crippen molar-refractivity contribution in [3.8, 4) is 11.4 Å². The first-order chi connectivity index (χ1) is 10.2. The van der Waals surface area contributed by atoms with Gasteiger partial charge in [-0.05, 0) is 12.1 Å². The van der Waals surface area contributed by atoms with Crippen LogP contribution in [0.2, 0.25) is 5.02 Å². The van der Waals surface area contributed by atoms with Gasteiger partial charge in [0.25, 0.3) is 0 Å². The van der Waals surface area contributed by atoms with E-state index in [4.69, 9.17) is 16.1 Å². The molecular formula is C14H13ClN4O2. The highest BCUT2D eigenvalue weighted by atomic mass is 35.5. The van der Waals surface area contributed by atoms with Gasteiger partial charge in [0, 0.05) is 12.1 Å². The van der Waals surface area contributed by atoms with E-state index < -0.39 is 0 Å². The molecule has 0 saturated carbocycles. The van der Waals surface area contributed by atoms with E-state index in [-0.39, 0.29) is 18.5 Å². The lowest BCUT2D eigenvalue weighted by atomic mass is 10.2. The topological polar surface area (TPSA) is 80.1 Å². The van der Waals surface area contributed by atoms with Crippen LogP contribution in [0.5, 0.6) is 0 Å². The molecule has 1 unspecified atom stereocenters. The summed E-state index contributed by atoms with van der Waals surface area (Å²) in [5, 5.41) is 10.2. The van der Waals surface area contributed by atoms with Gasteiger partial charge in [-0.2, -0.15) is 4.98 Å². The van der Waals surface area contributed by atoms with Crippen molar-refractivity contribution < 1.29 is 9.32 Å². The van der Waals surface area contributed by atoms with Crippen LogP contribution in [0.15, 0.2) is 40.9 Å². The Morgan fingerprint density at radius 1 is 1.48 bits per heavy atom. The van der Waals surface area contributed by atoms with Crippen LogP contribution in [0.4, 0.5) is 0 Å². The number of amides is 1. The Kier molecular flexibility index (Phi) is 3.98. The number of nitrogens with zero attached hydrogens (tertiary/aromatic N) is 2. The van der Waals surface area contributed by atoms with Gasteiger partial charge in [-0.25, -0.2) is 0 Å². The molecule has 0 fully saturated rings. The monoisotopic (exact) mass is 304 g/mol. The SMILES string of the molecule is O=C(NCc1nc(-c2ccccc2Cl)no1)C1C=CCN1. The first-order valence-electron chi connectivity index (χ1n) is 6.49. The molecule has 1 amide bonds. The summed E-state index contributed by atoms with van der Waals surface area (Å²) in [5.41, 5.74) is 0.695. The number of benzene rings is 1. The van der Waals surface area contributed by atoms with E-state index in [1.54, 1.807) is 6.07 Å². The van der Waals surface area contributed by atoms with Crippen molar-refractivity contribution in [2.75, 3.05) is 6.54 Å². The Bertz CT molecular complexity index is 683. The molecule has 2 aromatic rings. The summed E-state index contributed by atoms with van der Waals surface area (Å²) in [5.74, 6) is 0.616. The van der Waals surface area contributed by atoms with Gasteiger partial charge < -0.3 is 9.84 Å². The minimum absolute atomic E-state index is 0.124. The molecule has 1 aromatic heterocycles. The van der Waals surface area contributed by atoms with Crippen molar-refractivity contribution in [2.45, 2.75) is 12.6 Å². The lowest BCUT2D eigenvalue weighted by Gasteiger charge is -2.07. The zero-order chi connectivity index (χ0) is 14.7. The Balaban J connectivity index is 1.64. The predicted octanol–water partition coefficient (Wildman–Crippen LogP) is 1.53. The molecular weight excluding hydrogens is 292 g/mol. The fourth-order valence-electron chi connectivity index (χ4n) is 2.00. The van der Waals surface area contributed by atoms with Crippen LogP contribution in [-0.4, -0.2) is 28.6 Å². The van der Waals surface area contributed by atoms with Gasteiger partial charge in [-0.1, -0.05) is 41.0 Å². The summed E-state index contributed by atoms with van der Waals surface area (Å²) in [6.07, 6.45) is 3.73. The Labute approximate surface area is 126 Å². The number of nitrogens with one attached hydrogen (secondary N) is 2. The van der Waals surface area contributed by atoms with Gasteiger partial charge in [-0.3, -0.25) is 10.1 Å². The van der Waals surface area contributed by atoms with Gasteiger partial charge in [0.2, 0.25) is 17.6 Å². The smallest absolute Gasteiger partial charge is 0.246 e. The number of hydrogen-bond acceptors (Lipinski definition) is 5. The van der Waals surface area contributed by atoms with Crippen LogP contribution in [-0.2, 0) is 11.3 Å². The van der Waals surface area contributed by atoms with E-state index in [1.165, 1.54) is 0 Å². The average Bonchev–Trinajstić information content (AvgIpc) is 3.17. The quantitative estimate of drug-likeness (QED) is 0.838. The summed E-state index contributed by atoms with van der Waals surface area (Å²) in [4.78, 5) is 16.0. The van der Waals surface area contributed by atoms with E-state index >= 15 is 0 Å². The van der Waals surface area contributed by atoms with Crippen LogP contribution < -0.4 is 10.6 Å². The van der Waals surface area contributed by atoms with E-state index in [2.05, 4.69) is 20.8 Å². The third-order valence-corrected chi connectivity index (χ3v) is 3.39. The van der Waals surface area contributed by atoms with Crippen LogP contribution >= 0.6 is 11.6 Å². The standard InChI is InChI=1S/C14H13ClN4O2/c15-10-5-2-1-4-9(10)13-18-12(21-19-13)8-17-14(20)11-6-3-7-16-11/h1-6,11,16H,7-8H2,(H,17,20). The van der Waals surface area contributed by atoms with Gasteiger partial charge in [0.05, 0.1) is 11.6 Å². The van der Waals surface area contributed by atoms with E-state index in [0.717, 1.165) is 0 Å². The first-order valence-corrected chi connectivity index (χ1v) is 6.87. The normalized spacial score (nSPS) is 17.1. The molecule has 2 heterocycles. The summed E-state index contributed by atoms with van der Waals surface area (Å²) in [6.45, 7) is 0.887. The van der Waals surface area contributed by atoms with Crippen molar-refractivity contribution in [3.05, 3.63) is 47.3 Å². The van der Waals surface area contributed by atoms with Gasteiger partial charge in [0.15, 0.2) is 0 Å². The van der Waals surface area contributed by atoms with Crippen molar-refractivity contribution in [2.24, 2.45) is 0 Å². The summed E-state index contributed by atoms with van der Waals surface area (Å²) in [6, 6.07) is 6.94. The maximum Gasteiger partial charge on any atom is 0.246 e. The van der Waals surface area contributed by atoms with Crippen LogP contribution in [0.3, 0.4) is 0 Å². The molecule has 7 heteroatoms. The molecule has 2 N–H and O–H groups in total. The molecule has 0 bridgehead atoms. The highest BCUT2D eigenvalue weighted by Crippen LogP contribution is 2.24. The molecule has 1 aliphatic rings. The molecule has 1 atom stereocenters. The van der Waals surface area contributed by atoms with Gasteiger partial charge in [0.1, 0.15) is 6.04 Å². The number of aromatic nitrogens is 2. The summed E-state index contributed by atoms with van der Waals surface area (Å²) in [7, 11) is 0. The Hall–Kier alpha value is -2.18. The molecule has 0 saturated heterocycles. The molecule has 1 aliphatic heterocycles. The van der Waals surface area contributed by atoms with E-state index in [9.17, 15) is 4.79 Å². The second kappa shape index (κ2) is 6.07.